The molecule has 3 rings (SSSR count). The second-order valence-electron chi connectivity index (χ2n) is 4.03. The summed E-state index contributed by atoms with van der Waals surface area (Å²) < 4.78 is 1.33. The Kier molecular flexibility index (Phi) is 2.67. The smallest absolute Gasteiger partial charge is 0.348 e. The lowest BCUT2D eigenvalue weighted by molar-refractivity contribution is 0.962. The average molecular weight is 257 g/mol. The highest BCUT2D eigenvalue weighted by molar-refractivity contribution is 5.48. The van der Waals surface area contributed by atoms with Crippen molar-refractivity contribution in [1.29, 1.82) is 0 Å². The van der Waals surface area contributed by atoms with Gasteiger partial charge >= 0.3 is 5.69 Å². The second kappa shape index (κ2) is 4.48. The fraction of sp³-hybridized carbons (Fsp3) is 0.182. The van der Waals surface area contributed by atoms with Crippen molar-refractivity contribution in [2.24, 2.45) is 0 Å². The van der Waals surface area contributed by atoms with Gasteiger partial charge in [0, 0.05) is 12.3 Å². The topological polar surface area (TPSA) is 101 Å². The molecule has 3 aromatic heterocycles. The van der Waals surface area contributed by atoms with Crippen LogP contribution in [0.4, 0.5) is 5.82 Å². The Morgan fingerprint density at radius 3 is 3.00 bits per heavy atom. The lowest BCUT2D eigenvalue weighted by Crippen LogP contribution is -2.10. The maximum atomic E-state index is 11.3. The van der Waals surface area contributed by atoms with Gasteiger partial charge in [-0.2, -0.15) is 5.10 Å². The summed E-state index contributed by atoms with van der Waals surface area (Å²) in [6, 6.07) is 1.68. The normalized spacial score (nSPS) is 10.8. The molecule has 0 aromatic carbocycles. The number of aromatic nitrogens is 6. The summed E-state index contributed by atoms with van der Waals surface area (Å²) in [4.78, 5) is 23.8. The number of fused-ring (bicyclic) bond motifs is 1. The molecule has 0 saturated carbocycles. The maximum Gasteiger partial charge on any atom is 0.348 e. The van der Waals surface area contributed by atoms with Gasteiger partial charge in [-0.3, -0.25) is 9.97 Å². The van der Waals surface area contributed by atoms with Crippen molar-refractivity contribution < 1.29 is 0 Å². The largest absolute Gasteiger partial charge is 0.364 e. The number of aryl methyl sites for hydroxylation is 1. The van der Waals surface area contributed by atoms with E-state index in [0.29, 0.717) is 18.0 Å². The van der Waals surface area contributed by atoms with Gasteiger partial charge in [-0.05, 0) is 6.92 Å². The summed E-state index contributed by atoms with van der Waals surface area (Å²) in [5, 5.41) is 9.31. The summed E-state index contributed by atoms with van der Waals surface area (Å²) in [5.74, 6) is 0.619. The van der Waals surface area contributed by atoms with E-state index < -0.39 is 0 Å². The summed E-state index contributed by atoms with van der Waals surface area (Å²) in [7, 11) is 0. The van der Waals surface area contributed by atoms with Crippen LogP contribution in [0.1, 0.15) is 11.4 Å². The molecule has 8 nitrogen and oxygen atoms in total. The minimum Gasteiger partial charge on any atom is -0.364 e. The second-order valence-corrected chi connectivity index (χ2v) is 4.03. The monoisotopic (exact) mass is 257 g/mol. The first-order valence-corrected chi connectivity index (χ1v) is 5.66. The SMILES string of the molecule is Cc1cnc(CNc2cc3n[nH]c(=O)n3cn2)cn1. The van der Waals surface area contributed by atoms with Crippen molar-refractivity contribution >= 4 is 11.5 Å². The molecule has 0 unspecified atom stereocenters. The molecule has 0 atom stereocenters. The van der Waals surface area contributed by atoms with Gasteiger partial charge in [0.15, 0.2) is 5.65 Å². The number of H-pyrrole nitrogens is 1. The van der Waals surface area contributed by atoms with Crippen LogP contribution in [-0.4, -0.2) is 29.5 Å². The van der Waals surface area contributed by atoms with Gasteiger partial charge in [0.1, 0.15) is 12.1 Å². The predicted molar refractivity (Wildman–Crippen MR) is 67.7 cm³/mol. The molecular formula is C11H11N7O. The van der Waals surface area contributed by atoms with Crippen LogP contribution in [0.5, 0.6) is 0 Å². The van der Waals surface area contributed by atoms with Crippen LogP contribution in [0, 0.1) is 6.92 Å². The van der Waals surface area contributed by atoms with Crippen LogP contribution in [0.2, 0.25) is 0 Å². The van der Waals surface area contributed by atoms with Crippen LogP contribution in [0.15, 0.2) is 29.6 Å². The third-order valence-corrected chi connectivity index (χ3v) is 2.59. The van der Waals surface area contributed by atoms with Crippen molar-refractivity contribution in [3.8, 4) is 0 Å². The molecule has 0 aliphatic rings. The Balaban J connectivity index is 1.78. The van der Waals surface area contributed by atoms with E-state index in [4.69, 9.17) is 0 Å². The molecule has 0 aliphatic heterocycles. The van der Waals surface area contributed by atoms with Crippen molar-refractivity contribution in [2.45, 2.75) is 13.5 Å². The summed E-state index contributed by atoms with van der Waals surface area (Å²) in [6.45, 7) is 2.39. The fourth-order valence-electron chi connectivity index (χ4n) is 1.60. The standard InChI is InChI=1S/C11H11N7O/c1-7-3-13-8(4-12-7)5-14-9-2-10-16-17-11(19)18(10)6-15-9/h2-4,6,14H,5H2,1H3,(H,17,19). The Labute approximate surface area is 107 Å². The Morgan fingerprint density at radius 1 is 1.32 bits per heavy atom. The Hall–Kier alpha value is -2.77. The molecule has 0 spiro atoms. The minimum atomic E-state index is -0.307. The van der Waals surface area contributed by atoms with Crippen LogP contribution < -0.4 is 11.0 Å². The van der Waals surface area contributed by atoms with E-state index in [9.17, 15) is 4.79 Å². The molecule has 96 valence electrons. The maximum absolute atomic E-state index is 11.3. The molecule has 0 radical (unpaired) electrons. The number of hydrogen-bond donors (Lipinski definition) is 2. The number of nitrogens with one attached hydrogen (secondary N) is 2. The number of aromatic amines is 1. The highest BCUT2D eigenvalue weighted by Gasteiger charge is 2.02. The predicted octanol–water partition coefficient (Wildman–Crippen LogP) is 0.128. The molecule has 3 heterocycles. The first-order chi connectivity index (χ1) is 9.22. The molecule has 19 heavy (non-hydrogen) atoms. The minimum absolute atomic E-state index is 0.307. The van der Waals surface area contributed by atoms with E-state index >= 15 is 0 Å². The third kappa shape index (κ3) is 2.28. The number of anilines is 1. The number of hydrogen-bond acceptors (Lipinski definition) is 6. The van der Waals surface area contributed by atoms with Gasteiger partial charge in [-0.15, -0.1) is 0 Å². The highest BCUT2D eigenvalue weighted by atomic mass is 16.1. The van der Waals surface area contributed by atoms with Gasteiger partial charge in [0.25, 0.3) is 0 Å². The van der Waals surface area contributed by atoms with E-state index in [1.54, 1.807) is 18.5 Å². The molecule has 0 fully saturated rings. The molecule has 0 bridgehead atoms. The van der Waals surface area contributed by atoms with Crippen LogP contribution in [-0.2, 0) is 6.54 Å². The number of rotatable bonds is 3. The van der Waals surface area contributed by atoms with Gasteiger partial charge < -0.3 is 5.32 Å². The Bertz CT molecular complexity index is 759. The zero-order chi connectivity index (χ0) is 13.2. The Morgan fingerprint density at radius 2 is 2.21 bits per heavy atom. The van der Waals surface area contributed by atoms with Crippen LogP contribution in [0.3, 0.4) is 0 Å². The van der Waals surface area contributed by atoms with Crippen LogP contribution in [0.25, 0.3) is 5.65 Å². The van der Waals surface area contributed by atoms with Gasteiger partial charge in [0.05, 0.1) is 24.1 Å². The lowest BCUT2D eigenvalue weighted by Gasteiger charge is -2.04. The van der Waals surface area contributed by atoms with E-state index in [-0.39, 0.29) is 5.69 Å². The first-order valence-electron chi connectivity index (χ1n) is 5.66. The van der Waals surface area contributed by atoms with Crippen molar-refractivity contribution in [3.63, 3.8) is 0 Å². The zero-order valence-corrected chi connectivity index (χ0v) is 10.2. The summed E-state index contributed by atoms with van der Waals surface area (Å²) in [5.41, 5.74) is 1.89. The van der Waals surface area contributed by atoms with Crippen molar-refractivity contribution in [3.05, 3.63) is 46.7 Å². The lowest BCUT2D eigenvalue weighted by atomic mass is 10.4. The van der Waals surface area contributed by atoms with Gasteiger partial charge in [-0.1, -0.05) is 0 Å². The van der Waals surface area contributed by atoms with E-state index in [0.717, 1.165) is 11.4 Å². The zero-order valence-electron chi connectivity index (χ0n) is 10.2. The molecule has 0 amide bonds. The first kappa shape index (κ1) is 11.3. The summed E-state index contributed by atoms with van der Waals surface area (Å²) in [6.07, 6.45) is 4.84. The van der Waals surface area contributed by atoms with Crippen LogP contribution >= 0.6 is 0 Å². The number of nitrogens with zero attached hydrogens (tertiary/aromatic N) is 5. The fourth-order valence-corrected chi connectivity index (χ4v) is 1.60. The quantitative estimate of drug-likeness (QED) is 0.691. The van der Waals surface area contributed by atoms with Crippen molar-refractivity contribution in [2.75, 3.05) is 5.32 Å². The molecular weight excluding hydrogens is 246 g/mol. The van der Waals surface area contributed by atoms with E-state index in [2.05, 4.69) is 30.5 Å². The molecule has 8 heteroatoms. The van der Waals surface area contributed by atoms with Gasteiger partial charge in [-0.25, -0.2) is 19.3 Å². The highest BCUT2D eigenvalue weighted by Crippen LogP contribution is 2.06. The van der Waals surface area contributed by atoms with Gasteiger partial charge in [0.2, 0.25) is 0 Å². The summed E-state index contributed by atoms with van der Waals surface area (Å²) >= 11 is 0. The molecule has 3 aromatic rings. The average Bonchev–Trinajstić information content (AvgIpc) is 2.79. The molecule has 2 N–H and O–H groups in total. The van der Waals surface area contributed by atoms with Crippen molar-refractivity contribution in [1.82, 2.24) is 29.5 Å². The molecule has 0 saturated heterocycles. The third-order valence-electron chi connectivity index (χ3n) is 2.59. The van der Waals surface area contributed by atoms with E-state index in [1.807, 2.05) is 6.92 Å². The van der Waals surface area contributed by atoms with E-state index in [1.165, 1.54) is 10.7 Å². The molecule has 0 aliphatic carbocycles.